The highest BCUT2D eigenvalue weighted by Gasteiger charge is 2.14. The number of anilines is 1. The van der Waals surface area contributed by atoms with E-state index in [9.17, 15) is 4.79 Å². The number of nitrogens with one attached hydrogen (secondary N) is 1. The van der Waals surface area contributed by atoms with Crippen molar-refractivity contribution in [3.63, 3.8) is 0 Å². The predicted molar refractivity (Wildman–Crippen MR) is 99.2 cm³/mol. The van der Waals surface area contributed by atoms with Gasteiger partial charge in [-0.25, -0.2) is 4.68 Å². The average Bonchev–Trinajstić information content (AvgIpc) is 2.93. The van der Waals surface area contributed by atoms with Crippen molar-refractivity contribution in [2.24, 2.45) is 0 Å². The number of pyridine rings is 1. The molecule has 2 heterocycles. The fourth-order valence-electron chi connectivity index (χ4n) is 2.00. The second-order valence-electron chi connectivity index (χ2n) is 4.89. The van der Waals surface area contributed by atoms with Gasteiger partial charge in [0.05, 0.1) is 5.75 Å². The van der Waals surface area contributed by atoms with Gasteiger partial charge in [-0.15, -0.1) is 10.2 Å². The molecule has 128 valence electrons. The highest BCUT2D eigenvalue weighted by molar-refractivity contribution is 7.99. The Labute approximate surface area is 157 Å². The Morgan fingerprint density at radius 2 is 1.96 bits per heavy atom. The van der Waals surface area contributed by atoms with Gasteiger partial charge in [-0.1, -0.05) is 41.0 Å². The number of benzene rings is 1. The first kappa shape index (κ1) is 17.5. The van der Waals surface area contributed by atoms with Crippen molar-refractivity contribution < 1.29 is 4.79 Å². The van der Waals surface area contributed by atoms with Gasteiger partial charge in [-0.3, -0.25) is 9.78 Å². The molecule has 0 radical (unpaired) electrons. The summed E-state index contributed by atoms with van der Waals surface area (Å²) >= 11 is 13.0. The smallest absolute Gasteiger partial charge is 0.234 e. The largest absolute Gasteiger partial charge is 0.335 e. The Bertz CT molecular complexity index is 882. The van der Waals surface area contributed by atoms with Crippen molar-refractivity contribution in [3.8, 4) is 11.5 Å². The minimum atomic E-state index is -0.245. The molecule has 0 unspecified atom stereocenters. The van der Waals surface area contributed by atoms with Gasteiger partial charge in [-0.05, 0) is 30.3 Å². The molecule has 10 heteroatoms. The molecule has 0 aliphatic heterocycles. The van der Waals surface area contributed by atoms with E-state index in [0.29, 0.717) is 32.4 Å². The third kappa shape index (κ3) is 4.41. The van der Waals surface area contributed by atoms with Crippen LogP contribution in [0.4, 0.5) is 5.69 Å². The number of rotatable bonds is 5. The van der Waals surface area contributed by atoms with E-state index in [-0.39, 0.29) is 11.7 Å². The van der Waals surface area contributed by atoms with Crippen molar-refractivity contribution >= 4 is 46.6 Å². The summed E-state index contributed by atoms with van der Waals surface area (Å²) in [5.74, 6) is 6.25. The summed E-state index contributed by atoms with van der Waals surface area (Å²) in [4.78, 5) is 16.2. The van der Waals surface area contributed by atoms with Crippen molar-refractivity contribution in [2.45, 2.75) is 5.16 Å². The van der Waals surface area contributed by atoms with E-state index in [1.807, 2.05) is 6.07 Å². The number of carbonyl (C=O) groups excluding carboxylic acids is 1. The SMILES string of the molecule is Nn1c(SCC(=O)Nc2cc(Cl)cc(Cl)c2)nnc1-c1ccccn1. The maximum atomic E-state index is 12.1. The molecule has 1 amide bonds. The van der Waals surface area contributed by atoms with E-state index in [1.165, 1.54) is 4.68 Å². The third-order valence-corrected chi connectivity index (χ3v) is 4.42. The average molecular weight is 395 g/mol. The molecule has 0 aliphatic rings. The Hall–Kier alpha value is -2.29. The van der Waals surface area contributed by atoms with E-state index in [0.717, 1.165) is 11.8 Å². The van der Waals surface area contributed by atoms with Crippen LogP contribution >= 0.6 is 35.0 Å². The lowest BCUT2D eigenvalue weighted by molar-refractivity contribution is -0.113. The predicted octanol–water partition coefficient (Wildman–Crippen LogP) is 3.09. The molecule has 1 aromatic carbocycles. The monoisotopic (exact) mass is 394 g/mol. The summed E-state index contributed by atoms with van der Waals surface area (Å²) in [5.41, 5.74) is 1.12. The molecular formula is C15H12Cl2N6OS. The third-order valence-electron chi connectivity index (χ3n) is 3.04. The minimum Gasteiger partial charge on any atom is -0.335 e. The van der Waals surface area contributed by atoms with Gasteiger partial charge in [0.2, 0.25) is 16.9 Å². The number of hydrogen-bond acceptors (Lipinski definition) is 6. The quantitative estimate of drug-likeness (QED) is 0.509. The van der Waals surface area contributed by atoms with Gasteiger partial charge < -0.3 is 11.2 Å². The molecule has 3 rings (SSSR count). The summed E-state index contributed by atoms with van der Waals surface area (Å²) in [5, 5.41) is 12.0. The molecule has 0 aliphatic carbocycles. The summed E-state index contributed by atoms with van der Waals surface area (Å²) in [6.45, 7) is 0. The lowest BCUT2D eigenvalue weighted by Crippen LogP contribution is -2.16. The first-order valence-corrected chi connectivity index (χ1v) is 8.78. The van der Waals surface area contributed by atoms with Crippen molar-refractivity contribution in [3.05, 3.63) is 52.6 Å². The molecule has 0 spiro atoms. The molecule has 0 saturated carbocycles. The lowest BCUT2D eigenvalue weighted by atomic mass is 10.3. The molecule has 7 nitrogen and oxygen atoms in total. The van der Waals surface area contributed by atoms with E-state index in [1.54, 1.807) is 36.5 Å². The van der Waals surface area contributed by atoms with Crippen LogP contribution in [0, 0.1) is 0 Å². The molecule has 3 aromatic rings. The van der Waals surface area contributed by atoms with Crippen LogP contribution in [-0.2, 0) is 4.79 Å². The number of aromatic nitrogens is 4. The number of carbonyl (C=O) groups is 1. The number of nitrogens with two attached hydrogens (primary N) is 1. The number of amides is 1. The molecule has 0 bridgehead atoms. The molecule has 25 heavy (non-hydrogen) atoms. The van der Waals surface area contributed by atoms with Gasteiger partial charge in [0.1, 0.15) is 5.69 Å². The fraction of sp³-hybridized carbons (Fsp3) is 0.0667. The normalized spacial score (nSPS) is 10.6. The minimum absolute atomic E-state index is 0.0989. The first-order chi connectivity index (χ1) is 12.0. The Balaban J connectivity index is 1.64. The van der Waals surface area contributed by atoms with E-state index in [4.69, 9.17) is 29.0 Å². The van der Waals surface area contributed by atoms with Crippen molar-refractivity contribution in [2.75, 3.05) is 16.9 Å². The second kappa shape index (κ2) is 7.73. The van der Waals surface area contributed by atoms with E-state index in [2.05, 4.69) is 20.5 Å². The number of nitrogen functional groups attached to an aromatic ring is 1. The zero-order valence-corrected chi connectivity index (χ0v) is 15.0. The van der Waals surface area contributed by atoms with Gasteiger partial charge in [0.15, 0.2) is 0 Å². The van der Waals surface area contributed by atoms with Crippen LogP contribution in [-0.4, -0.2) is 31.5 Å². The van der Waals surface area contributed by atoms with Crippen molar-refractivity contribution in [1.29, 1.82) is 0 Å². The summed E-state index contributed by atoms with van der Waals surface area (Å²) in [6, 6.07) is 10.2. The van der Waals surface area contributed by atoms with Crippen molar-refractivity contribution in [1.82, 2.24) is 19.9 Å². The standard InChI is InChI=1S/C15H12Cl2N6OS/c16-9-5-10(17)7-11(6-9)20-13(24)8-25-15-22-21-14(23(15)18)12-3-1-2-4-19-12/h1-7H,8,18H2,(H,20,24). The highest BCUT2D eigenvalue weighted by Crippen LogP contribution is 2.23. The number of thioether (sulfide) groups is 1. The van der Waals surface area contributed by atoms with Crippen LogP contribution in [0.5, 0.6) is 0 Å². The Kier molecular flexibility index (Phi) is 5.42. The number of hydrogen-bond donors (Lipinski definition) is 2. The molecule has 0 fully saturated rings. The fourth-order valence-corrected chi connectivity index (χ4v) is 3.18. The topological polar surface area (TPSA) is 98.7 Å². The zero-order valence-electron chi connectivity index (χ0n) is 12.7. The van der Waals surface area contributed by atoms with Crippen LogP contribution in [0.25, 0.3) is 11.5 Å². The van der Waals surface area contributed by atoms with Gasteiger partial charge in [0, 0.05) is 21.9 Å². The molecule has 0 saturated heterocycles. The molecule has 3 N–H and O–H groups in total. The summed E-state index contributed by atoms with van der Waals surface area (Å²) in [6.07, 6.45) is 1.64. The maximum Gasteiger partial charge on any atom is 0.234 e. The number of halogens is 2. The molecule has 2 aromatic heterocycles. The van der Waals surface area contributed by atoms with Gasteiger partial charge in [0.25, 0.3) is 0 Å². The van der Waals surface area contributed by atoms with Crippen LogP contribution in [0.1, 0.15) is 0 Å². The number of nitrogens with zero attached hydrogens (tertiary/aromatic N) is 4. The van der Waals surface area contributed by atoms with Gasteiger partial charge in [-0.2, -0.15) is 0 Å². The Morgan fingerprint density at radius 1 is 1.20 bits per heavy atom. The summed E-state index contributed by atoms with van der Waals surface area (Å²) in [7, 11) is 0. The van der Waals surface area contributed by atoms with Gasteiger partial charge >= 0.3 is 0 Å². The summed E-state index contributed by atoms with van der Waals surface area (Å²) < 4.78 is 1.30. The lowest BCUT2D eigenvalue weighted by Gasteiger charge is -2.06. The van der Waals surface area contributed by atoms with Crippen LogP contribution in [0.3, 0.4) is 0 Å². The molecule has 0 atom stereocenters. The van der Waals surface area contributed by atoms with Crippen LogP contribution in [0.15, 0.2) is 47.8 Å². The van der Waals surface area contributed by atoms with Crippen LogP contribution in [0.2, 0.25) is 10.0 Å². The maximum absolute atomic E-state index is 12.1. The zero-order chi connectivity index (χ0) is 17.8. The highest BCUT2D eigenvalue weighted by atomic mass is 35.5. The second-order valence-corrected chi connectivity index (χ2v) is 6.70. The molecular weight excluding hydrogens is 383 g/mol. The van der Waals surface area contributed by atoms with E-state index < -0.39 is 0 Å². The van der Waals surface area contributed by atoms with E-state index >= 15 is 0 Å². The Morgan fingerprint density at radius 3 is 2.64 bits per heavy atom. The first-order valence-electron chi connectivity index (χ1n) is 7.03. The van der Waals surface area contributed by atoms with Crippen LogP contribution < -0.4 is 11.2 Å².